The smallest absolute Gasteiger partial charge is 0.347 e. The molecule has 4 nitrogen and oxygen atoms in total. The van der Waals surface area contributed by atoms with Crippen LogP contribution < -0.4 is 0 Å². The van der Waals surface area contributed by atoms with Crippen LogP contribution >= 0.6 is 11.6 Å². The second-order valence-corrected chi connectivity index (χ2v) is 4.90. The van der Waals surface area contributed by atoms with Gasteiger partial charge in [-0.05, 0) is 12.1 Å². The third kappa shape index (κ3) is 2.17. The Hall–Kier alpha value is -1.14. The summed E-state index contributed by atoms with van der Waals surface area (Å²) in [6.07, 6.45) is 0. The number of thiol groups is 1. The van der Waals surface area contributed by atoms with Gasteiger partial charge in [0.1, 0.15) is 5.82 Å². The van der Waals surface area contributed by atoms with Crippen molar-refractivity contribution in [1.29, 1.82) is 0 Å². The maximum atomic E-state index is 12.9. The molecule has 16 heavy (non-hydrogen) atoms. The van der Waals surface area contributed by atoms with Gasteiger partial charge in [0.25, 0.3) is 4.21 Å². The second-order valence-electron chi connectivity index (χ2n) is 2.88. The molecule has 0 aliphatic heterocycles. The standard InChI is InChI=1S/C9H8ClFO4S/c1-15-8(12)9(10,16(13)14)6-3-2-4-7(11)5-6/h2-5,16H,1H3. The van der Waals surface area contributed by atoms with Gasteiger partial charge in [0.2, 0.25) is 0 Å². The van der Waals surface area contributed by atoms with Crippen LogP contribution in [0, 0.1) is 5.82 Å². The van der Waals surface area contributed by atoms with E-state index in [-0.39, 0.29) is 5.56 Å². The molecule has 7 heteroatoms. The van der Waals surface area contributed by atoms with E-state index in [0.29, 0.717) is 0 Å². The predicted molar refractivity (Wildman–Crippen MR) is 56.3 cm³/mol. The number of carbonyl (C=O) groups excluding carboxylic acids is 1. The van der Waals surface area contributed by atoms with Crippen LogP contribution in [0.2, 0.25) is 0 Å². The number of halogens is 2. The van der Waals surface area contributed by atoms with E-state index in [1.165, 1.54) is 12.1 Å². The van der Waals surface area contributed by atoms with E-state index in [1.54, 1.807) is 0 Å². The van der Waals surface area contributed by atoms with Crippen molar-refractivity contribution in [1.82, 2.24) is 0 Å². The van der Waals surface area contributed by atoms with Gasteiger partial charge in [-0.1, -0.05) is 23.7 Å². The van der Waals surface area contributed by atoms with Crippen molar-refractivity contribution in [3.8, 4) is 0 Å². The summed E-state index contributed by atoms with van der Waals surface area (Å²) >= 11 is 5.68. The lowest BCUT2D eigenvalue weighted by Gasteiger charge is -2.17. The zero-order valence-corrected chi connectivity index (χ0v) is 9.80. The number of methoxy groups -OCH3 is 1. The molecule has 0 aliphatic carbocycles. The molecule has 0 heterocycles. The first-order chi connectivity index (χ1) is 7.42. The van der Waals surface area contributed by atoms with Gasteiger partial charge < -0.3 is 4.74 Å². The molecular formula is C9H8ClFO4S. The van der Waals surface area contributed by atoms with Gasteiger partial charge in [0.15, 0.2) is 10.7 Å². The van der Waals surface area contributed by atoms with Crippen LogP contribution in [-0.4, -0.2) is 21.5 Å². The molecule has 0 bridgehead atoms. The first-order valence-electron chi connectivity index (χ1n) is 4.10. The Morgan fingerprint density at radius 2 is 2.12 bits per heavy atom. The second kappa shape index (κ2) is 4.80. The van der Waals surface area contributed by atoms with E-state index >= 15 is 0 Å². The van der Waals surface area contributed by atoms with Crippen molar-refractivity contribution < 1.29 is 22.3 Å². The highest BCUT2D eigenvalue weighted by Gasteiger charge is 2.43. The molecule has 0 fully saturated rings. The van der Waals surface area contributed by atoms with E-state index in [4.69, 9.17) is 11.6 Å². The van der Waals surface area contributed by atoms with Crippen molar-refractivity contribution in [2.45, 2.75) is 4.21 Å². The number of esters is 1. The minimum atomic E-state index is -3.36. The molecule has 88 valence electrons. The fourth-order valence-electron chi connectivity index (χ4n) is 1.13. The topological polar surface area (TPSA) is 60.4 Å². The zero-order chi connectivity index (χ0) is 12.3. The third-order valence-electron chi connectivity index (χ3n) is 1.91. The summed E-state index contributed by atoms with van der Waals surface area (Å²) in [6, 6.07) is 4.46. The average Bonchev–Trinajstić information content (AvgIpc) is 2.26. The number of rotatable bonds is 3. The molecule has 0 aromatic heterocycles. The van der Waals surface area contributed by atoms with Gasteiger partial charge in [-0.3, -0.25) is 0 Å². The van der Waals surface area contributed by atoms with Gasteiger partial charge in [0.05, 0.1) is 7.11 Å². The molecule has 0 saturated heterocycles. The number of hydrogen-bond donors (Lipinski definition) is 1. The Balaban J connectivity index is 3.38. The summed E-state index contributed by atoms with van der Waals surface area (Å²) in [7, 11) is -2.36. The molecule has 0 spiro atoms. The maximum Gasteiger partial charge on any atom is 0.347 e. The summed E-state index contributed by atoms with van der Waals surface area (Å²) in [6.45, 7) is 0. The van der Waals surface area contributed by atoms with E-state index in [0.717, 1.165) is 19.2 Å². The molecule has 1 rings (SSSR count). The number of hydrogen-bond acceptors (Lipinski definition) is 4. The highest BCUT2D eigenvalue weighted by molar-refractivity contribution is 7.76. The minimum Gasteiger partial charge on any atom is -0.467 e. The SMILES string of the molecule is COC(=O)C(Cl)(c1cccc(F)c1)[SH](=O)=O. The molecule has 0 N–H and O–H groups in total. The molecule has 0 saturated carbocycles. The Morgan fingerprint density at radius 3 is 2.56 bits per heavy atom. The number of alkyl halides is 1. The Kier molecular flexibility index (Phi) is 3.88. The van der Waals surface area contributed by atoms with E-state index in [9.17, 15) is 17.6 Å². The highest BCUT2D eigenvalue weighted by atomic mass is 35.5. The molecule has 0 aliphatic rings. The molecular weight excluding hydrogens is 259 g/mol. The maximum absolute atomic E-state index is 12.9. The lowest BCUT2D eigenvalue weighted by Crippen LogP contribution is -2.32. The fourth-order valence-corrected chi connectivity index (χ4v) is 1.91. The van der Waals surface area contributed by atoms with Gasteiger partial charge in [0, 0.05) is 5.56 Å². The lowest BCUT2D eigenvalue weighted by atomic mass is 10.1. The number of benzene rings is 1. The number of carbonyl (C=O) groups is 1. The Morgan fingerprint density at radius 1 is 1.50 bits per heavy atom. The highest BCUT2D eigenvalue weighted by Crippen LogP contribution is 2.31. The van der Waals surface area contributed by atoms with Gasteiger partial charge >= 0.3 is 5.97 Å². The molecule has 1 atom stereocenters. The summed E-state index contributed by atoms with van der Waals surface area (Å²) < 4.78 is 36.9. The van der Waals surface area contributed by atoms with Gasteiger partial charge in [-0.25, -0.2) is 17.6 Å². The van der Waals surface area contributed by atoms with Crippen LogP contribution in [0.15, 0.2) is 24.3 Å². The van der Waals surface area contributed by atoms with E-state index in [1.807, 2.05) is 0 Å². The average molecular weight is 267 g/mol. The van der Waals surface area contributed by atoms with Crippen molar-refractivity contribution in [2.24, 2.45) is 0 Å². The number of ether oxygens (including phenoxy) is 1. The van der Waals surface area contributed by atoms with Crippen LogP contribution in [0.5, 0.6) is 0 Å². The summed E-state index contributed by atoms with van der Waals surface area (Å²) in [5, 5.41) is 0. The molecule has 0 amide bonds. The minimum absolute atomic E-state index is 0.183. The van der Waals surface area contributed by atoms with Crippen LogP contribution in [0.1, 0.15) is 5.56 Å². The van der Waals surface area contributed by atoms with Crippen LogP contribution in [0.3, 0.4) is 0 Å². The van der Waals surface area contributed by atoms with Crippen LogP contribution in [0.25, 0.3) is 0 Å². The fraction of sp³-hybridized carbons (Fsp3) is 0.222. The van der Waals surface area contributed by atoms with Crippen molar-refractivity contribution in [2.75, 3.05) is 7.11 Å². The molecule has 0 radical (unpaired) electrons. The van der Waals surface area contributed by atoms with Crippen LogP contribution in [0.4, 0.5) is 4.39 Å². The summed E-state index contributed by atoms with van der Waals surface area (Å²) in [5.74, 6) is -1.86. The lowest BCUT2D eigenvalue weighted by molar-refractivity contribution is -0.141. The summed E-state index contributed by atoms with van der Waals surface area (Å²) in [5.41, 5.74) is -0.183. The molecule has 1 aromatic rings. The van der Waals surface area contributed by atoms with Crippen LogP contribution in [-0.2, 0) is 24.4 Å². The monoisotopic (exact) mass is 266 g/mol. The van der Waals surface area contributed by atoms with Gasteiger partial charge in [-0.2, -0.15) is 0 Å². The Bertz CT molecular complexity index is 480. The molecule has 1 aromatic carbocycles. The molecule has 1 unspecified atom stereocenters. The Labute approximate surface area is 97.9 Å². The first kappa shape index (κ1) is 12.9. The predicted octanol–water partition coefficient (Wildman–Crippen LogP) is 1.00. The quantitative estimate of drug-likeness (QED) is 0.504. The summed E-state index contributed by atoms with van der Waals surface area (Å²) in [4.78, 5) is 11.3. The van der Waals surface area contributed by atoms with Crippen molar-refractivity contribution >= 4 is 28.3 Å². The first-order valence-corrected chi connectivity index (χ1v) is 5.66. The van der Waals surface area contributed by atoms with Gasteiger partial charge in [-0.15, -0.1) is 0 Å². The van der Waals surface area contributed by atoms with E-state index in [2.05, 4.69) is 4.74 Å². The normalized spacial score (nSPS) is 14.5. The zero-order valence-electron chi connectivity index (χ0n) is 8.15. The van der Waals surface area contributed by atoms with E-state index < -0.39 is 26.7 Å². The third-order valence-corrected chi connectivity index (χ3v) is 3.65. The van der Waals surface area contributed by atoms with Crippen molar-refractivity contribution in [3.05, 3.63) is 35.6 Å². The largest absolute Gasteiger partial charge is 0.467 e. The van der Waals surface area contributed by atoms with Crippen molar-refractivity contribution in [3.63, 3.8) is 0 Å².